The lowest BCUT2D eigenvalue weighted by Crippen LogP contribution is -2.50. The van der Waals surface area contributed by atoms with Crippen LogP contribution in [-0.2, 0) is 0 Å². The summed E-state index contributed by atoms with van der Waals surface area (Å²) in [5.74, 6) is -4.51. The minimum atomic E-state index is -1.81. The van der Waals surface area contributed by atoms with Crippen LogP contribution in [0.4, 0.5) is 18.9 Å². The van der Waals surface area contributed by atoms with Crippen molar-refractivity contribution in [3.63, 3.8) is 0 Å². The molecule has 0 saturated carbocycles. The Kier molecular flexibility index (Phi) is 7.99. The van der Waals surface area contributed by atoms with Crippen LogP contribution in [0, 0.1) is 17.5 Å². The van der Waals surface area contributed by atoms with Crippen molar-refractivity contribution >= 4 is 23.0 Å². The predicted octanol–water partition coefficient (Wildman–Crippen LogP) is -0.832. The SMILES string of the molecule is CN(C[C@H](O)[C@@H](O)[C@H](O)[C@H](O)CO)C(=S)Nc1ccc(F)c(F)c1F. The summed E-state index contributed by atoms with van der Waals surface area (Å²) in [5, 5.41) is 49.1. The van der Waals surface area contributed by atoms with Gasteiger partial charge in [0.25, 0.3) is 0 Å². The summed E-state index contributed by atoms with van der Waals surface area (Å²) in [6.45, 7) is -1.18. The molecule has 0 heterocycles. The fourth-order valence-electron chi connectivity index (χ4n) is 1.87. The molecule has 7 nitrogen and oxygen atoms in total. The number of likely N-dealkylation sites (N-methyl/N-ethyl adjacent to an activating group) is 1. The molecule has 0 radical (unpaired) electrons. The standard InChI is InChI=1S/C14H19F3N2O5S/c1-19(4-8(21)12(23)13(24)9(22)5-20)14(25)18-7-3-2-6(15)10(16)11(7)17/h2-3,8-9,12-13,20-24H,4-5H2,1H3,(H,18,25)/t8-,9+,12+,13+/m0/s1. The monoisotopic (exact) mass is 384 g/mol. The quantitative estimate of drug-likeness (QED) is 0.267. The van der Waals surface area contributed by atoms with Crippen LogP contribution in [-0.4, -0.2) is 80.2 Å². The fourth-order valence-corrected chi connectivity index (χ4v) is 2.05. The van der Waals surface area contributed by atoms with Crippen molar-refractivity contribution in [1.82, 2.24) is 4.90 Å². The second-order valence-corrected chi connectivity index (χ2v) is 5.72. The number of hydrogen-bond acceptors (Lipinski definition) is 6. The molecule has 1 aromatic carbocycles. The van der Waals surface area contributed by atoms with E-state index in [-0.39, 0.29) is 11.7 Å². The summed E-state index contributed by atoms with van der Waals surface area (Å²) >= 11 is 4.93. The molecule has 0 aliphatic carbocycles. The first-order chi connectivity index (χ1) is 11.6. The van der Waals surface area contributed by atoms with Gasteiger partial charge in [-0.3, -0.25) is 0 Å². The second kappa shape index (κ2) is 9.27. The summed E-state index contributed by atoms with van der Waals surface area (Å²) in [4.78, 5) is 1.14. The molecule has 11 heteroatoms. The molecule has 0 bridgehead atoms. The smallest absolute Gasteiger partial charge is 0.196 e. The molecular weight excluding hydrogens is 365 g/mol. The first kappa shape index (κ1) is 21.5. The molecule has 6 N–H and O–H groups in total. The maximum Gasteiger partial charge on any atom is 0.196 e. The number of aliphatic hydroxyl groups is 5. The van der Waals surface area contributed by atoms with Gasteiger partial charge >= 0.3 is 0 Å². The van der Waals surface area contributed by atoms with E-state index >= 15 is 0 Å². The highest BCUT2D eigenvalue weighted by Gasteiger charge is 2.31. The average molecular weight is 384 g/mol. The third kappa shape index (κ3) is 5.49. The van der Waals surface area contributed by atoms with Crippen LogP contribution in [0.1, 0.15) is 0 Å². The zero-order chi connectivity index (χ0) is 19.3. The molecule has 0 aliphatic rings. The van der Waals surface area contributed by atoms with Crippen molar-refractivity contribution in [3.8, 4) is 0 Å². The number of halogens is 3. The Labute approximate surface area is 146 Å². The first-order valence-corrected chi connectivity index (χ1v) is 7.49. The molecule has 4 atom stereocenters. The van der Waals surface area contributed by atoms with E-state index in [4.69, 9.17) is 17.3 Å². The molecule has 1 aromatic rings. The summed E-state index contributed by atoms with van der Waals surface area (Å²) in [7, 11) is 1.35. The zero-order valence-electron chi connectivity index (χ0n) is 13.1. The summed E-state index contributed by atoms with van der Waals surface area (Å²) in [6.07, 6.45) is -6.85. The van der Waals surface area contributed by atoms with Gasteiger partial charge in [0.05, 0.1) is 12.3 Å². The Bertz CT molecular complexity index is 610. The van der Waals surface area contributed by atoms with Crippen molar-refractivity contribution in [1.29, 1.82) is 0 Å². The van der Waals surface area contributed by atoms with Crippen molar-refractivity contribution in [2.24, 2.45) is 0 Å². The first-order valence-electron chi connectivity index (χ1n) is 7.08. The van der Waals surface area contributed by atoms with Gasteiger partial charge in [0.15, 0.2) is 22.6 Å². The van der Waals surface area contributed by atoms with Gasteiger partial charge in [0.1, 0.15) is 24.4 Å². The zero-order valence-corrected chi connectivity index (χ0v) is 13.9. The molecule has 1 rings (SSSR count). The minimum Gasteiger partial charge on any atom is -0.394 e. The van der Waals surface area contributed by atoms with E-state index in [9.17, 15) is 33.6 Å². The van der Waals surface area contributed by atoms with Gasteiger partial charge in [-0.2, -0.15) is 0 Å². The number of thiocarbonyl (C=S) groups is 1. The second-order valence-electron chi connectivity index (χ2n) is 5.33. The van der Waals surface area contributed by atoms with E-state index in [0.717, 1.165) is 11.0 Å². The highest BCUT2D eigenvalue weighted by atomic mass is 32.1. The molecule has 0 saturated heterocycles. The van der Waals surface area contributed by atoms with Gasteiger partial charge in [0.2, 0.25) is 0 Å². The Hall–Kier alpha value is -1.50. The number of aliphatic hydroxyl groups excluding tert-OH is 5. The van der Waals surface area contributed by atoms with Crippen molar-refractivity contribution in [2.75, 3.05) is 25.5 Å². The predicted molar refractivity (Wildman–Crippen MR) is 86.3 cm³/mol. The van der Waals surface area contributed by atoms with Crippen LogP contribution < -0.4 is 5.32 Å². The Morgan fingerprint density at radius 2 is 1.64 bits per heavy atom. The van der Waals surface area contributed by atoms with Crippen molar-refractivity contribution < 1.29 is 38.7 Å². The maximum atomic E-state index is 13.6. The van der Waals surface area contributed by atoms with Gasteiger partial charge in [-0.1, -0.05) is 0 Å². The third-order valence-corrected chi connectivity index (χ3v) is 3.82. The van der Waals surface area contributed by atoms with E-state index in [2.05, 4.69) is 5.32 Å². The number of rotatable bonds is 7. The molecule has 0 aliphatic heterocycles. The van der Waals surface area contributed by atoms with E-state index < -0.39 is 54.2 Å². The topological polar surface area (TPSA) is 116 Å². The lowest BCUT2D eigenvalue weighted by molar-refractivity contribution is -0.116. The van der Waals surface area contributed by atoms with Gasteiger partial charge in [0, 0.05) is 13.6 Å². The van der Waals surface area contributed by atoms with E-state index in [1.807, 2.05) is 0 Å². The van der Waals surface area contributed by atoms with Gasteiger partial charge < -0.3 is 35.7 Å². The largest absolute Gasteiger partial charge is 0.394 e. The van der Waals surface area contributed by atoms with Gasteiger partial charge in [-0.15, -0.1) is 0 Å². The Balaban J connectivity index is 2.69. The number of nitrogens with one attached hydrogen (secondary N) is 1. The fraction of sp³-hybridized carbons (Fsp3) is 0.500. The van der Waals surface area contributed by atoms with Gasteiger partial charge in [-0.25, -0.2) is 13.2 Å². The third-order valence-electron chi connectivity index (χ3n) is 3.41. The Morgan fingerprint density at radius 1 is 1.08 bits per heavy atom. The summed E-state index contributed by atoms with van der Waals surface area (Å²) in [6, 6.07) is 1.63. The molecule has 0 spiro atoms. The van der Waals surface area contributed by atoms with E-state index in [0.29, 0.717) is 6.07 Å². The normalized spacial score (nSPS) is 16.0. The molecular formula is C14H19F3N2O5S. The molecule has 0 unspecified atom stereocenters. The van der Waals surface area contributed by atoms with Crippen LogP contribution >= 0.6 is 12.2 Å². The number of nitrogens with zero attached hydrogens (tertiary/aromatic N) is 1. The molecule has 0 amide bonds. The maximum absolute atomic E-state index is 13.6. The van der Waals surface area contributed by atoms with Gasteiger partial charge in [-0.05, 0) is 24.4 Å². The minimum absolute atomic E-state index is 0.187. The lowest BCUT2D eigenvalue weighted by Gasteiger charge is -2.29. The number of anilines is 1. The van der Waals surface area contributed by atoms with Crippen LogP contribution in [0.15, 0.2) is 12.1 Å². The van der Waals surface area contributed by atoms with Crippen molar-refractivity contribution in [2.45, 2.75) is 24.4 Å². The average Bonchev–Trinajstić information content (AvgIpc) is 2.59. The molecule has 0 aromatic heterocycles. The van der Waals surface area contributed by atoms with Crippen molar-refractivity contribution in [3.05, 3.63) is 29.6 Å². The van der Waals surface area contributed by atoms with Crippen LogP contribution in [0.3, 0.4) is 0 Å². The molecule has 0 fully saturated rings. The molecule has 25 heavy (non-hydrogen) atoms. The molecule has 142 valence electrons. The highest BCUT2D eigenvalue weighted by Crippen LogP contribution is 2.20. The van der Waals surface area contributed by atoms with Crippen LogP contribution in [0.5, 0.6) is 0 Å². The Morgan fingerprint density at radius 3 is 2.20 bits per heavy atom. The highest BCUT2D eigenvalue weighted by molar-refractivity contribution is 7.80. The summed E-state index contributed by atoms with van der Waals surface area (Å²) < 4.78 is 39.6. The number of hydrogen-bond donors (Lipinski definition) is 6. The van der Waals surface area contributed by atoms with E-state index in [1.54, 1.807) is 0 Å². The summed E-state index contributed by atoms with van der Waals surface area (Å²) in [5.41, 5.74) is -0.429. The van der Waals surface area contributed by atoms with E-state index in [1.165, 1.54) is 7.05 Å². The van der Waals surface area contributed by atoms with Crippen LogP contribution in [0.2, 0.25) is 0 Å². The lowest BCUT2D eigenvalue weighted by atomic mass is 10.0. The van der Waals surface area contributed by atoms with Crippen LogP contribution in [0.25, 0.3) is 0 Å². The number of benzene rings is 1.